The third-order valence-electron chi connectivity index (χ3n) is 1.40. The maximum atomic E-state index is 10.1. The molecule has 1 aliphatic rings. The molecule has 0 bridgehead atoms. The molecule has 0 aromatic carbocycles. The van der Waals surface area contributed by atoms with Gasteiger partial charge >= 0.3 is 20.4 Å². The smallest absolute Gasteiger partial charge is 0.233 e. The van der Waals surface area contributed by atoms with Crippen molar-refractivity contribution in [1.29, 1.82) is 0 Å². The zero-order chi connectivity index (χ0) is 6.69. The van der Waals surface area contributed by atoms with Crippen molar-refractivity contribution in [3.8, 4) is 0 Å². The van der Waals surface area contributed by atoms with Crippen molar-refractivity contribution in [2.45, 2.75) is 5.05 Å². The van der Waals surface area contributed by atoms with Gasteiger partial charge in [0.15, 0.2) is 0 Å². The summed E-state index contributed by atoms with van der Waals surface area (Å²) in [4.78, 5) is 10.1. The summed E-state index contributed by atoms with van der Waals surface area (Å²) in [5.74, 6) is 1.91. The molecule has 1 nitrogen and oxygen atoms in total. The van der Waals surface area contributed by atoms with Crippen LogP contribution in [-0.4, -0.2) is 26.3 Å². The number of hydrogen-bond donors (Lipinski definition) is 0. The first-order valence-corrected chi connectivity index (χ1v) is 5.13. The van der Waals surface area contributed by atoms with Crippen molar-refractivity contribution in [3.05, 3.63) is 27.5 Å². The molecule has 0 atom stereocenters. The van der Waals surface area contributed by atoms with Gasteiger partial charge in [-0.2, -0.15) is 3.70 Å². The maximum absolute atomic E-state index is 10.1. The Balaban J connectivity index is 2.91. The van der Waals surface area contributed by atoms with E-state index in [0.29, 0.717) is 0 Å². The van der Waals surface area contributed by atoms with Gasteiger partial charge in [0, 0.05) is 5.57 Å². The molecule has 0 saturated heterocycles. The lowest BCUT2D eigenvalue weighted by atomic mass is 10.3. The molecular formula is C7H6MgO. The van der Waals surface area contributed by atoms with Gasteiger partial charge in [-0.3, -0.25) is 0 Å². The molecule has 2 heteroatoms. The van der Waals surface area contributed by atoms with Gasteiger partial charge in [-0.1, -0.05) is 12.2 Å². The van der Waals surface area contributed by atoms with Gasteiger partial charge < -0.3 is 0 Å². The van der Waals surface area contributed by atoms with Crippen LogP contribution in [-0.2, 0) is 4.79 Å². The Kier molecular flexibility index (Phi) is 2.28. The average Bonchev–Trinajstić information content (AvgIpc) is 2.33. The van der Waals surface area contributed by atoms with E-state index in [1.165, 1.54) is 3.70 Å². The van der Waals surface area contributed by atoms with E-state index in [2.05, 4.69) is 5.05 Å². The summed E-state index contributed by atoms with van der Waals surface area (Å²) < 4.78 is 1.23. The second-order valence-electron chi connectivity index (χ2n) is 1.92. The zero-order valence-corrected chi connectivity index (χ0v) is 6.76. The minimum atomic E-state index is -0.169. The lowest BCUT2D eigenvalue weighted by Crippen LogP contribution is -1.89. The van der Waals surface area contributed by atoms with E-state index in [1.807, 2.05) is 24.2 Å². The molecule has 0 radical (unpaired) electrons. The number of rotatable bonds is 1. The summed E-state index contributed by atoms with van der Waals surface area (Å²) in [5.41, 5.74) is 0.768. The fraction of sp³-hybridized carbons (Fsp3) is 0.143. The SMILES string of the molecule is [CH3][Mg][C]1=CC=CC1=C=O. The van der Waals surface area contributed by atoms with Gasteiger partial charge in [0.05, 0.1) is 0 Å². The number of hydrogen-bond acceptors (Lipinski definition) is 1. The van der Waals surface area contributed by atoms with Crippen molar-refractivity contribution in [3.63, 3.8) is 0 Å². The number of carbonyl (C=O) groups excluding carboxylic acids is 1. The molecule has 0 aliphatic heterocycles. The first kappa shape index (κ1) is 6.81. The summed E-state index contributed by atoms with van der Waals surface area (Å²) in [7, 11) is 0. The molecule has 42 valence electrons. The van der Waals surface area contributed by atoms with Crippen LogP contribution < -0.4 is 0 Å². The maximum Gasteiger partial charge on any atom is 0.406 e. The van der Waals surface area contributed by atoms with Gasteiger partial charge in [-0.25, -0.2) is 4.79 Å². The van der Waals surface area contributed by atoms with Crippen molar-refractivity contribution in [2.75, 3.05) is 0 Å². The van der Waals surface area contributed by atoms with Crippen molar-refractivity contribution >= 4 is 26.3 Å². The minimum absolute atomic E-state index is 0.169. The summed E-state index contributed by atoms with van der Waals surface area (Å²) in [5, 5.41) is 2.16. The van der Waals surface area contributed by atoms with E-state index in [0.717, 1.165) is 5.57 Å². The lowest BCUT2D eigenvalue weighted by molar-refractivity contribution is 0.568. The Morgan fingerprint density at radius 1 is 1.67 bits per heavy atom. The van der Waals surface area contributed by atoms with Crippen molar-refractivity contribution in [1.82, 2.24) is 0 Å². The Hall–Kier alpha value is -0.304. The van der Waals surface area contributed by atoms with E-state index in [4.69, 9.17) is 0 Å². The van der Waals surface area contributed by atoms with Crippen LogP contribution in [0.15, 0.2) is 27.5 Å². The van der Waals surface area contributed by atoms with Crippen LogP contribution in [0.2, 0.25) is 5.05 Å². The van der Waals surface area contributed by atoms with Crippen LogP contribution in [0, 0.1) is 0 Å². The summed E-state index contributed by atoms with van der Waals surface area (Å²) in [6, 6.07) is 0. The molecule has 1 rings (SSSR count). The molecule has 0 saturated carbocycles. The van der Waals surface area contributed by atoms with Crippen LogP contribution >= 0.6 is 0 Å². The predicted octanol–water partition coefficient (Wildman–Crippen LogP) is 0.950. The summed E-state index contributed by atoms with van der Waals surface area (Å²) in [6.07, 6.45) is 5.73. The molecule has 0 fully saturated rings. The Bertz CT molecular complexity index is 219. The first-order chi connectivity index (χ1) is 4.38. The molecule has 0 heterocycles. The number of allylic oxidation sites excluding steroid dienone is 5. The highest BCUT2D eigenvalue weighted by Crippen LogP contribution is 2.12. The highest BCUT2D eigenvalue weighted by molar-refractivity contribution is 6.46. The van der Waals surface area contributed by atoms with Gasteiger partial charge in [0.2, 0.25) is 0 Å². The first-order valence-electron chi connectivity index (χ1n) is 3.01. The third-order valence-corrected chi connectivity index (χ3v) is 2.78. The standard InChI is InChI=1S/C6H3O.CH3.Mg/c7-5-6-3-1-2-4-6;;/h1-3H;1H3;. The van der Waals surface area contributed by atoms with E-state index in [-0.39, 0.29) is 20.4 Å². The third kappa shape index (κ3) is 1.33. The Labute approximate surface area is 63.9 Å². The van der Waals surface area contributed by atoms with Gasteiger partial charge in [0.1, 0.15) is 5.94 Å². The lowest BCUT2D eigenvalue weighted by Gasteiger charge is -1.90. The van der Waals surface area contributed by atoms with Gasteiger partial charge in [0.25, 0.3) is 0 Å². The highest BCUT2D eigenvalue weighted by Gasteiger charge is 2.04. The molecule has 0 amide bonds. The molecule has 1 aliphatic carbocycles. The molecule has 0 aromatic heterocycles. The van der Waals surface area contributed by atoms with E-state index in [1.54, 1.807) is 0 Å². The second kappa shape index (κ2) is 3.02. The molecule has 0 unspecified atom stereocenters. The average molecular weight is 130 g/mol. The monoisotopic (exact) mass is 130 g/mol. The predicted molar refractivity (Wildman–Crippen MR) is 38.0 cm³/mol. The van der Waals surface area contributed by atoms with E-state index in [9.17, 15) is 4.79 Å². The van der Waals surface area contributed by atoms with Crippen molar-refractivity contribution < 1.29 is 4.79 Å². The van der Waals surface area contributed by atoms with Crippen LogP contribution in [0.1, 0.15) is 0 Å². The van der Waals surface area contributed by atoms with Gasteiger partial charge in [-0.05, 0) is 6.08 Å². The van der Waals surface area contributed by atoms with Crippen LogP contribution in [0.25, 0.3) is 0 Å². The summed E-state index contributed by atoms with van der Waals surface area (Å²) in [6.45, 7) is 0. The van der Waals surface area contributed by atoms with Crippen LogP contribution in [0.3, 0.4) is 0 Å². The normalized spacial score (nSPS) is 14.8. The fourth-order valence-corrected chi connectivity index (χ4v) is 1.81. The van der Waals surface area contributed by atoms with Gasteiger partial charge in [-0.15, -0.1) is 5.05 Å². The largest absolute Gasteiger partial charge is 0.406 e. The van der Waals surface area contributed by atoms with Crippen molar-refractivity contribution in [2.24, 2.45) is 0 Å². The summed E-state index contributed by atoms with van der Waals surface area (Å²) >= 11 is -0.169. The second-order valence-corrected chi connectivity index (χ2v) is 3.39. The molecule has 9 heavy (non-hydrogen) atoms. The Morgan fingerprint density at radius 3 is 2.89 bits per heavy atom. The molecule has 0 spiro atoms. The Morgan fingerprint density at radius 2 is 2.44 bits per heavy atom. The topological polar surface area (TPSA) is 17.1 Å². The van der Waals surface area contributed by atoms with Crippen LogP contribution in [0.4, 0.5) is 0 Å². The quantitative estimate of drug-likeness (QED) is 0.382. The minimum Gasteiger partial charge on any atom is -0.233 e. The van der Waals surface area contributed by atoms with E-state index < -0.39 is 0 Å². The molecule has 0 N–H and O–H groups in total. The molecular weight excluding hydrogens is 124 g/mol. The van der Waals surface area contributed by atoms with Crippen LogP contribution in [0.5, 0.6) is 0 Å². The van der Waals surface area contributed by atoms with E-state index >= 15 is 0 Å². The zero-order valence-electron chi connectivity index (χ0n) is 5.35. The molecule has 0 aromatic rings. The fourth-order valence-electron chi connectivity index (χ4n) is 0.865. The highest BCUT2D eigenvalue weighted by atomic mass is 24.5.